The zero-order valence-corrected chi connectivity index (χ0v) is 14.5. The third-order valence-electron chi connectivity index (χ3n) is 4.51. The van der Waals surface area contributed by atoms with Crippen LogP contribution in [0.3, 0.4) is 0 Å². The van der Waals surface area contributed by atoms with Crippen molar-refractivity contribution in [2.75, 3.05) is 11.9 Å². The second kappa shape index (κ2) is 7.46. The van der Waals surface area contributed by atoms with E-state index in [-0.39, 0.29) is 6.61 Å². The molecule has 1 aliphatic carbocycles. The predicted molar refractivity (Wildman–Crippen MR) is 93.9 cm³/mol. The van der Waals surface area contributed by atoms with Gasteiger partial charge in [-0.1, -0.05) is 11.6 Å². The van der Waals surface area contributed by atoms with Gasteiger partial charge in [0.05, 0.1) is 23.1 Å². The highest BCUT2D eigenvalue weighted by atomic mass is 35.5. The monoisotopic (exact) mass is 350 g/mol. The molecule has 2 heterocycles. The molecule has 0 bridgehead atoms. The summed E-state index contributed by atoms with van der Waals surface area (Å²) in [7, 11) is 1.84. The van der Waals surface area contributed by atoms with Crippen LogP contribution in [0.5, 0.6) is 0 Å². The van der Waals surface area contributed by atoms with Crippen molar-refractivity contribution in [1.82, 2.24) is 19.7 Å². The Morgan fingerprint density at radius 1 is 1.33 bits per heavy atom. The van der Waals surface area contributed by atoms with E-state index < -0.39 is 0 Å². The zero-order chi connectivity index (χ0) is 17.1. The van der Waals surface area contributed by atoms with Gasteiger partial charge in [-0.3, -0.25) is 4.68 Å². The number of aliphatic hydroxyl groups excluding tert-OH is 1. The van der Waals surface area contributed by atoms with E-state index in [0.717, 1.165) is 36.9 Å². The van der Waals surface area contributed by atoms with Crippen LogP contribution in [0.1, 0.15) is 31.4 Å². The van der Waals surface area contributed by atoms with E-state index in [2.05, 4.69) is 20.4 Å². The van der Waals surface area contributed by atoms with Gasteiger partial charge in [-0.05, 0) is 25.7 Å². The molecule has 7 nitrogen and oxygen atoms in total. The largest absolute Gasteiger partial charge is 0.396 e. The van der Waals surface area contributed by atoms with Crippen molar-refractivity contribution in [2.45, 2.75) is 44.2 Å². The number of anilines is 1. The highest BCUT2D eigenvalue weighted by Crippen LogP contribution is 2.29. The molecule has 2 aromatic heterocycles. The summed E-state index contributed by atoms with van der Waals surface area (Å²) in [5, 5.41) is 17.4. The maximum absolute atomic E-state index is 9.27. The second-order valence-electron chi connectivity index (χ2n) is 6.25. The summed E-state index contributed by atoms with van der Waals surface area (Å²) in [4.78, 5) is 8.89. The molecular weight excluding hydrogens is 328 g/mol. The van der Waals surface area contributed by atoms with Crippen molar-refractivity contribution >= 4 is 17.5 Å². The lowest BCUT2D eigenvalue weighted by atomic mass is 9.92. The Kier molecular flexibility index (Phi) is 5.33. The first kappa shape index (κ1) is 17.1. The molecule has 1 fully saturated rings. The number of aryl methyl sites for hydroxylation is 1. The molecule has 0 saturated heterocycles. The van der Waals surface area contributed by atoms with Crippen LogP contribution in [-0.4, -0.2) is 43.5 Å². The fourth-order valence-electron chi connectivity index (χ4n) is 3.13. The number of aromatic nitrogens is 4. The number of nitrogens with two attached hydrogens (primary N) is 1. The molecule has 0 amide bonds. The minimum atomic E-state index is 0.0443. The first-order chi connectivity index (χ1) is 11.6. The number of hydrogen-bond donors (Lipinski definition) is 3. The topological polar surface area (TPSA) is 102 Å². The maximum atomic E-state index is 9.27. The lowest BCUT2D eigenvalue weighted by Crippen LogP contribution is -2.33. The smallest absolute Gasteiger partial charge is 0.223 e. The summed E-state index contributed by atoms with van der Waals surface area (Å²) in [6.45, 7) is 0.0443. The van der Waals surface area contributed by atoms with Gasteiger partial charge in [0.25, 0.3) is 0 Å². The molecule has 0 aromatic carbocycles. The van der Waals surface area contributed by atoms with Gasteiger partial charge in [0.1, 0.15) is 0 Å². The van der Waals surface area contributed by atoms with Crippen LogP contribution in [0.25, 0.3) is 11.3 Å². The molecule has 24 heavy (non-hydrogen) atoms. The highest BCUT2D eigenvalue weighted by Gasteiger charge is 2.20. The first-order valence-corrected chi connectivity index (χ1v) is 8.63. The standard InChI is InChI=1S/C16H23ClN6O/c1-23-14(6-7-24)12(8-20-23)15-13(17)9-19-16(22-15)21-11-4-2-10(18)3-5-11/h8-11,24H,2-7,18H2,1H3,(H,19,21,22)/t10-,11-. The van der Waals surface area contributed by atoms with E-state index in [4.69, 9.17) is 17.3 Å². The molecule has 0 radical (unpaired) electrons. The Morgan fingerprint density at radius 2 is 2.08 bits per heavy atom. The van der Waals surface area contributed by atoms with E-state index in [1.807, 2.05) is 7.05 Å². The Bertz CT molecular complexity index is 696. The van der Waals surface area contributed by atoms with Crippen LogP contribution < -0.4 is 11.1 Å². The fourth-order valence-corrected chi connectivity index (χ4v) is 3.33. The maximum Gasteiger partial charge on any atom is 0.223 e. The fraction of sp³-hybridized carbons (Fsp3) is 0.562. The lowest BCUT2D eigenvalue weighted by Gasteiger charge is -2.26. The van der Waals surface area contributed by atoms with Gasteiger partial charge in [0, 0.05) is 43.4 Å². The molecule has 0 aliphatic heterocycles. The van der Waals surface area contributed by atoms with Gasteiger partial charge < -0.3 is 16.2 Å². The van der Waals surface area contributed by atoms with Gasteiger partial charge in [-0.15, -0.1) is 0 Å². The number of nitrogens with one attached hydrogen (secondary N) is 1. The zero-order valence-electron chi connectivity index (χ0n) is 13.7. The summed E-state index contributed by atoms with van der Waals surface area (Å²) in [6.07, 6.45) is 7.90. The minimum absolute atomic E-state index is 0.0443. The van der Waals surface area contributed by atoms with Crippen LogP contribution in [0.2, 0.25) is 5.02 Å². The van der Waals surface area contributed by atoms with Crippen molar-refractivity contribution in [3.05, 3.63) is 23.1 Å². The third-order valence-corrected chi connectivity index (χ3v) is 4.79. The normalized spacial score (nSPS) is 21.0. The van der Waals surface area contributed by atoms with Crippen LogP contribution in [0.4, 0.5) is 5.95 Å². The number of rotatable bonds is 5. The van der Waals surface area contributed by atoms with Crippen LogP contribution in [0.15, 0.2) is 12.4 Å². The van der Waals surface area contributed by atoms with E-state index >= 15 is 0 Å². The summed E-state index contributed by atoms with van der Waals surface area (Å²) in [5.74, 6) is 0.564. The number of aliphatic hydroxyl groups is 1. The Hall–Kier alpha value is -1.70. The summed E-state index contributed by atoms with van der Waals surface area (Å²) < 4.78 is 1.74. The summed E-state index contributed by atoms with van der Waals surface area (Å²) in [5.41, 5.74) is 8.31. The Labute approximate surface area is 146 Å². The van der Waals surface area contributed by atoms with Crippen LogP contribution in [0, 0.1) is 0 Å². The average molecular weight is 351 g/mol. The average Bonchev–Trinajstić information content (AvgIpc) is 2.93. The molecule has 0 unspecified atom stereocenters. The molecule has 130 valence electrons. The Balaban J connectivity index is 1.84. The third kappa shape index (κ3) is 3.68. The Morgan fingerprint density at radius 3 is 2.79 bits per heavy atom. The minimum Gasteiger partial charge on any atom is -0.396 e. The summed E-state index contributed by atoms with van der Waals surface area (Å²) >= 11 is 6.31. The van der Waals surface area contributed by atoms with Gasteiger partial charge in [0.2, 0.25) is 5.95 Å². The summed E-state index contributed by atoms with van der Waals surface area (Å²) in [6, 6.07) is 0.644. The molecule has 1 aliphatic rings. The molecule has 0 spiro atoms. The molecular formula is C16H23ClN6O. The molecule has 8 heteroatoms. The van der Waals surface area contributed by atoms with Gasteiger partial charge >= 0.3 is 0 Å². The van der Waals surface area contributed by atoms with Gasteiger partial charge in [0.15, 0.2) is 0 Å². The van der Waals surface area contributed by atoms with Crippen molar-refractivity contribution in [3.8, 4) is 11.3 Å². The number of nitrogens with zero attached hydrogens (tertiary/aromatic N) is 4. The first-order valence-electron chi connectivity index (χ1n) is 8.25. The molecule has 0 atom stereocenters. The molecule has 4 N–H and O–H groups in total. The van der Waals surface area contributed by atoms with E-state index in [1.165, 1.54) is 0 Å². The van der Waals surface area contributed by atoms with Crippen molar-refractivity contribution < 1.29 is 5.11 Å². The van der Waals surface area contributed by atoms with Crippen molar-refractivity contribution in [1.29, 1.82) is 0 Å². The second-order valence-corrected chi connectivity index (χ2v) is 6.66. The SMILES string of the molecule is Cn1ncc(-c2nc(N[C@H]3CC[C@H](N)CC3)ncc2Cl)c1CCO. The highest BCUT2D eigenvalue weighted by molar-refractivity contribution is 6.32. The van der Waals surface area contributed by atoms with Crippen molar-refractivity contribution in [2.24, 2.45) is 12.8 Å². The van der Waals surface area contributed by atoms with Crippen LogP contribution in [-0.2, 0) is 13.5 Å². The number of hydrogen-bond acceptors (Lipinski definition) is 6. The predicted octanol–water partition coefficient (Wildman–Crippen LogP) is 1.75. The number of halogens is 1. The quantitative estimate of drug-likeness (QED) is 0.759. The van der Waals surface area contributed by atoms with Crippen LogP contribution >= 0.6 is 11.6 Å². The molecule has 3 rings (SSSR count). The van der Waals surface area contributed by atoms with E-state index in [0.29, 0.717) is 35.2 Å². The molecule has 1 saturated carbocycles. The van der Waals surface area contributed by atoms with Gasteiger partial charge in [-0.2, -0.15) is 5.10 Å². The van der Waals surface area contributed by atoms with Gasteiger partial charge in [-0.25, -0.2) is 9.97 Å². The van der Waals surface area contributed by atoms with E-state index in [9.17, 15) is 5.11 Å². The lowest BCUT2D eigenvalue weighted by molar-refractivity contribution is 0.296. The van der Waals surface area contributed by atoms with Crippen molar-refractivity contribution in [3.63, 3.8) is 0 Å². The van der Waals surface area contributed by atoms with E-state index in [1.54, 1.807) is 17.1 Å². The molecule has 2 aromatic rings.